The Morgan fingerprint density at radius 1 is 0.378 bits per heavy atom. The lowest BCUT2D eigenvalue weighted by molar-refractivity contribution is -0.111. The number of carbonyl (C=O) groups is 1. The first-order valence-electron chi connectivity index (χ1n) is 17.4. The van der Waals surface area contributed by atoms with Gasteiger partial charge in [0.15, 0.2) is 0 Å². The lowest BCUT2D eigenvalue weighted by Gasteiger charge is -2.10. The van der Waals surface area contributed by atoms with Gasteiger partial charge in [0.1, 0.15) is 6.29 Å². The summed E-state index contributed by atoms with van der Waals surface area (Å²) in [5.41, 5.74) is 0. The van der Waals surface area contributed by atoms with Gasteiger partial charge in [-0.15, -0.1) is 0 Å². The molecule has 0 aromatic heterocycles. The monoisotopic (exact) mass is 519 g/mol. The third-order valence-electron chi connectivity index (χ3n) is 8.21. The molecule has 0 rings (SSSR count). The van der Waals surface area contributed by atoms with E-state index in [1.54, 1.807) is 0 Å². The maximum atomic E-state index is 11.5. The average molecular weight is 519 g/mol. The summed E-state index contributed by atoms with van der Waals surface area (Å²) in [5, 5.41) is 0. The first-order valence-corrected chi connectivity index (χ1v) is 17.4. The molecule has 0 heterocycles. The highest BCUT2D eigenvalue weighted by Crippen LogP contribution is 2.18. The van der Waals surface area contributed by atoms with Crippen molar-refractivity contribution in [3.05, 3.63) is 12.2 Å². The standard InChI is InChI=1S/C36H70O/c1-3-5-7-9-11-13-15-17-19-20-22-24-26-28-30-32-34-36(35-37)33-31-29-27-25-23-21-18-16-14-12-10-8-6-4-2/h18,21,35-36H,3-17,19-20,22-34H2,1-2H3. The van der Waals surface area contributed by atoms with Gasteiger partial charge in [-0.25, -0.2) is 0 Å². The molecule has 0 N–H and O–H groups in total. The number of aldehydes is 1. The van der Waals surface area contributed by atoms with Gasteiger partial charge in [0, 0.05) is 5.92 Å². The second kappa shape index (κ2) is 33.4. The highest BCUT2D eigenvalue weighted by atomic mass is 16.1. The van der Waals surface area contributed by atoms with Crippen LogP contribution in [0.5, 0.6) is 0 Å². The van der Waals surface area contributed by atoms with E-state index >= 15 is 0 Å². The van der Waals surface area contributed by atoms with E-state index < -0.39 is 0 Å². The zero-order chi connectivity index (χ0) is 26.9. The van der Waals surface area contributed by atoms with E-state index in [4.69, 9.17) is 0 Å². The van der Waals surface area contributed by atoms with Crippen molar-refractivity contribution in [3.8, 4) is 0 Å². The van der Waals surface area contributed by atoms with Crippen molar-refractivity contribution in [1.29, 1.82) is 0 Å². The Labute approximate surface area is 235 Å². The SMILES string of the molecule is CCCCCCCCC=CCCCCCCC(C=O)CCCCCCCCCCCCCCCCCC. The van der Waals surface area contributed by atoms with Gasteiger partial charge in [0.2, 0.25) is 0 Å². The number of allylic oxidation sites excluding steroid dienone is 2. The summed E-state index contributed by atoms with van der Waals surface area (Å²) in [6.07, 6.45) is 47.0. The van der Waals surface area contributed by atoms with Crippen LogP contribution in [0.2, 0.25) is 0 Å². The average Bonchev–Trinajstić information content (AvgIpc) is 2.91. The minimum atomic E-state index is 0.323. The Hall–Kier alpha value is -0.590. The van der Waals surface area contributed by atoms with Crippen LogP contribution in [0.1, 0.15) is 206 Å². The van der Waals surface area contributed by atoms with E-state index in [1.165, 1.54) is 186 Å². The Bertz CT molecular complexity index is 440. The smallest absolute Gasteiger partial charge is 0.123 e. The molecule has 1 heteroatoms. The number of unbranched alkanes of at least 4 members (excludes halogenated alkanes) is 25. The first-order chi connectivity index (χ1) is 18.3. The van der Waals surface area contributed by atoms with E-state index in [1.807, 2.05) is 0 Å². The summed E-state index contributed by atoms with van der Waals surface area (Å²) in [7, 11) is 0. The number of rotatable bonds is 32. The molecule has 1 unspecified atom stereocenters. The van der Waals surface area contributed by atoms with Crippen LogP contribution in [-0.4, -0.2) is 6.29 Å². The van der Waals surface area contributed by atoms with Gasteiger partial charge >= 0.3 is 0 Å². The van der Waals surface area contributed by atoms with Crippen molar-refractivity contribution in [2.45, 2.75) is 206 Å². The number of carbonyl (C=O) groups excluding carboxylic acids is 1. The quantitative estimate of drug-likeness (QED) is 0.0491. The second-order valence-corrected chi connectivity index (χ2v) is 12.0. The van der Waals surface area contributed by atoms with Gasteiger partial charge < -0.3 is 4.79 Å². The second-order valence-electron chi connectivity index (χ2n) is 12.0. The molecule has 37 heavy (non-hydrogen) atoms. The molecule has 0 spiro atoms. The normalized spacial score (nSPS) is 12.5. The number of hydrogen-bond donors (Lipinski definition) is 0. The molecule has 0 aliphatic heterocycles. The van der Waals surface area contributed by atoms with Crippen molar-refractivity contribution in [1.82, 2.24) is 0 Å². The van der Waals surface area contributed by atoms with Gasteiger partial charge in [-0.1, -0.05) is 180 Å². The maximum absolute atomic E-state index is 11.5. The van der Waals surface area contributed by atoms with Crippen molar-refractivity contribution in [2.24, 2.45) is 5.92 Å². The van der Waals surface area contributed by atoms with Crippen LogP contribution in [0.3, 0.4) is 0 Å². The fourth-order valence-electron chi connectivity index (χ4n) is 5.54. The molecule has 0 saturated carbocycles. The van der Waals surface area contributed by atoms with Crippen molar-refractivity contribution in [3.63, 3.8) is 0 Å². The van der Waals surface area contributed by atoms with Gasteiger partial charge in [-0.3, -0.25) is 0 Å². The molecule has 0 saturated heterocycles. The first kappa shape index (κ1) is 36.4. The third-order valence-corrected chi connectivity index (χ3v) is 8.21. The summed E-state index contributed by atoms with van der Waals surface area (Å²) in [6, 6.07) is 0. The molecular weight excluding hydrogens is 448 g/mol. The summed E-state index contributed by atoms with van der Waals surface area (Å²) in [5.74, 6) is 0.323. The fourth-order valence-corrected chi connectivity index (χ4v) is 5.54. The lowest BCUT2D eigenvalue weighted by atomic mass is 9.95. The van der Waals surface area contributed by atoms with Crippen molar-refractivity contribution >= 4 is 6.29 Å². The molecule has 0 bridgehead atoms. The van der Waals surface area contributed by atoms with Crippen LogP contribution in [0.4, 0.5) is 0 Å². The zero-order valence-electron chi connectivity index (χ0n) is 25.9. The molecule has 1 nitrogen and oxygen atoms in total. The maximum Gasteiger partial charge on any atom is 0.123 e. The number of hydrogen-bond acceptors (Lipinski definition) is 1. The predicted molar refractivity (Wildman–Crippen MR) is 169 cm³/mol. The minimum Gasteiger partial charge on any atom is -0.303 e. The molecule has 0 aliphatic rings. The van der Waals surface area contributed by atoms with E-state index in [0.717, 1.165) is 12.8 Å². The minimum absolute atomic E-state index is 0.323. The molecule has 0 amide bonds. The fraction of sp³-hybridized carbons (Fsp3) is 0.917. The highest BCUT2D eigenvalue weighted by Gasteiger charge is 2.06. The van der Waals surface area contributed by atoms with Crippen molar-refractivity contribution in [2.75, 3.05) is 0 Å². The molecule has 0 radical (unpaired) electrons. The van der Waals surface area contributed by atoms with Crippen molar-refractivity contribution < 1.29 is 4.79 Å². The van der Waals surface area contributed by atoms with Crippen LogP contribution < -0.4 is 0 Å². The Morgan fingerprint density at radius 2 is 0.649 bits per heavy atom. The molecule has 0 aromatic rings. The zero-order valence-corrected chi connectivity index (χ0v) is 25.9. The van der Waals surface area contributed by atoms with Gasteiger partial charge in [0.25, 0.3) is 0 Å². The molecule has 0 fully saturated rings. The highest BCUT2D eigenvalue weighted by molar-refractivity contribution is 5.53. The lowest BCUT2D eigenvalue weighted by Crippen LogP contribution is -2.02. The molecule has 0 aliphatic carbocycles. The van der Waals surface area contributed by atoms with E-state index in [-0.39, 0.29) is 0 Å². The Kier molecular flexibility index (Phi) is 32.9. The van der Waals surface area contributed by atoms with Crippen LogP contribution in [0, 0.1) is 5.92 Å². The third kappa shape index (κ3) is 31.5. The van der Waals surface area contributed by atoms with Crippen LogP contribution in [0.15, 0.2) is 12.2 Å². The largest absolute Gasteiger partial charge is 0.303 e. The van der Waals surface area contributed by atoms with Crippen LogP contribution in [-0.2, 0) is 4.79 Å². The van der Waals surface area contributed by atoms with Crippen LogP contribution >= 0.6 is 0 Å². The Balaban J connectivity index is 3.31. The summed E-state index contributed by atoms with van der Waals surface area (Å²) >= 11 is 0. The molecule has 1 atom stereocenters. The molecular formula is C36H70O. The predicted octanol–water partition coefficient (Wildman–Crippen LogP) is 13.1. The van der Waals surface area contributed by atoms with E-state index in [0.29, 0.717) is 5.92 Å². The van der Waals surface area contributed by atoms with E-state index in [2.05, 4.69) is 26.0 Å². The van der Waals surface area contributed by atoms with Gasteiger partial charge in [-0.2, -0.15) is 0 Å². The van der Waals surface area contributed by atoms with Crippen LogP contribution in [0.25, 0.3) is 0 Å². The molecule has 0 aromatic carbocycles. The van der Waals surface area contributed by atoms with Gasteiger partial charge in [-0.05, 0) is 38.5 Å². The summed E-state index contributed by atoms with van der Waals surface area (Å²) < 4.78 is 0. The molecule has 220 valence electrons. The topological polar surface area (TPSA) is 17.1 Å². The van der Waals surface area contributed by atoms with Gasteiger partial charge in [0.05, 0.1) is 0 Å². The summed E-state index contributed by atoms with van der Waals surface area (Å²) in [4.78, 5) is 11.5. The van der Waals surface area contributed by atoms with E-state index in [9.17, 15) is 4.79 Å². The summed E-state index contributed by atoms with van der Waals surface area (Å²) in [6.45, 7) is 4.58. The Morgan fingerprint density at radius 3 is 0.946 bits per heavy atom.